The molecule has 0 saturated carbocycles. The number of hydrogen-bond acceptors (Lipinski definition) is 2. The molecule has 0 aromatic heterocycles. The van der Waals surface area contributed by atoms with Crippen LogP contribution >= 0.6 is 24.2 Å². The number of thioether (sulfide) groups is 1. The van der Waals surface area contributed by atoms with E-state index in [1.54, 1.807) is 0 Å². The molecule has 1 rings (SSSR count). The first-order valence-electron chi connectivity index (χ1n) is 2.23. The van der Waals surface area contributed by atoms with Crippen LogP contribution in [0, 0.1) is 0 Å². The van der Waals surface area contributed by atoms with E-state index in [-0.39, 0.29) is 23.4 Å². The Bertz CT molecular complexity index is 51.8. The topological polar surface area (TPSA) is 89.0 Å². The molecule has 6 N–H and O–H groups in total. The van der Waals surface area contributed by atoms with Crippen molar-refractivity contribution >= 4 is 24.2 Å². The van der Waals surface area contributed by atoms with Gasteiger partial charge in [0.2, 0.25) is 0 Å². The highest BCUT2D eigenvalue weighted by atomic mass is 35.5. The van der Waals surface area contributed by atoms with E-state index in [2.05, 4.69) is 0 Å². The molecular weight excluding hydrogens is 162 g/mol. The van der Waals surface area contributed by atoms with E-state index < -0.39 is 0 Å². The van der Waals surface area contributed by atoms with Gasteiger partial charge in [-0.05, 0) is 12.2 Å². The Morgan fingerprint density at radius 3 is 2.00 bits per heavy atom. The Labute approximate surface area is 65.4 Å². The summed E-state index contributed by atoms with van der Waals surface area (Å²) in [5, 5.41) is 0. The monoisotopic (exact) mass is 175 g/mol. The summed E-state index contributed by atoms with van der Waals surface area (Å²) in [7, 11) is 0. The average Bonchev–Trinajstić information content (AvgIpc) is 1.86. The standard InChI is InChI=1S/C4H9NS.ClH.2H2O/c5-4-1-2-6-3-4;;;/h4H,1-3,5H2;1H;2*1H2. The summed E-state index contributed by atoms with van der Waals surface area (Å²) in [4.78, 5) is 0. The summed E-state index contributed by atoms with van der Waals surface area (Å²) in [6, 6.07) is 0.509. The number of halogens is 1. The maximum atomic E-state index is 5.51. The molecule has 1 fully saturated rings. The molecule has 1 heterocycles. The highest BCUT2D eigenvalue weighted by Gasteiger charge is 2.08. The molecule has 1 aliphatic heterocycles. The third-order valence-corrected chi connectivity index (χ3v) is 2.15. The second-order valence-corrected chi connectivity index (χ2v) is 2.77. The lowest BCUT2D eigenvalue weighted by Crippen LogP contribution is -2.17. The summed E-state index contributed by atoms with van der Waals surface area (Å²) in [6.45, 7) is 0. The van der Waals surface area contributed by atoms with Crippen molar-refractivity contribution in [3.63, 3.8) is 0 Å². The summed E-state index contributed by atoms with van der Waals surface area (Å²) < 4.78 is 0. The molecule has 9 heavy (non-hydrogen) atoms. The van der Waals surface area contributed by atoms with Crippen LogP contribution in [0.15, 0.2) is 0 Å². The number of hydrogen-bond donors (Lipinski definition) is 1. The van der Waals surface area contributed by atoms with Gasteiger partial charge in [0.05, 0.1) is 0 Å². The molecular formula is C4H14ClNO2S. The van der Waals surface area contributed by atoms with Crippen LogP contribution in [-0.4, -0.2) is 28.5 Å². The lowest BCUT2D eigenvalue weighted by molar-refractivity contribution is 0.759. The number of nitrogens with two attached hydrogens (primary N) is 1. The van der Waals surface area contributed by atoms with Crippen LogP contribution in [0.25, 0.3) is 0 Å². The summed E-state index contributed by atoms with van der Waals surface area (Å²) in [6.07, 6.45) is 1.23. The van der Waals surface area contributed by atoms with Crippen LogP contribution in [0.2, 0.25) is 0 Å². The van der Waals surface area contributed by atoms with Gasteiger partial charge >= 0.3 is 0 Å². The van der Waals surface area contributed by atoms with Crippen molar-refractivity contribution < 1.29 is 11.0 Å². The first kappa shape index (κ1) is 16.3. The molecule has 1 aliphatic rings. The second-order valence-electron chi connectivity index (χ2n) is 1.62. The SMILES string of the molecule is Cl.NC1CCSC1.O.O. The van der Waals surface area contributed by atoms with E-state index in [1.807, 2.05) is 11.8 Å². The smallest absolute Gasteiger partial charge is 0.0138 e. The van der Waals surface area contributed by atoms with Crippen molar-refractivity contribution in [1.82, 2.24) is 0 Å². The van der Waals surface area contributed by atoms with Crippen molar-refractivity contribution in [2.75, 3.05) is 11.5 Å². The third kappa shape index (κ3) is 6.40. The molecule has 0 amide bonds. The fraction of sp³-hybridized carbons (Fsp3) is 1.00. The van der Waals surface area contributed by atoms with Crippen LogP contribution in [0.1, 0.15) is 6.42 Å². The Balaban J connectivity index is -0.000000120. The summed E-state index contributed by atoms with van der Waals surface area (Å²) in [5.41, 5.74) is 5.51. The van der Waals surface area contributed by atoms with Gasteiger partial charge in [-0.2, -0.15) is 11.8 Å². The van der Waals surface area contributed by atoms with Crippen molar-refractivity contribution in [1.29, 1.82) is 0 Å². The normalized spacial score (nSPS) is 23.0. The molecule has 1 unspecified atom stereocenters. The Hall–Kier alpha value is 0.520. The van der Waals surface area contributed by atoms with Crippen LogP contribution in [0.4, 0.5) is 0 Å². The van der Waals surface area contributed by atoms with Crippen LogP contribution in [0.3, 0.4) is 0 Å². The van der Waals surface area contributed by atoms with Gasteiger partial charge in [0.1, 0.15) is 0 Å². The van der Waals surface area contributed by atoms with Gasteiger partial charge in [0.15, 0.2) is 0 Å². The molecule has 0 bridgehead atoms. The van der Waals surface area contributed by atoms with Gasteiger partial charge in [-0.15, -0.1) is 12.4 Å². The van der Waals surface area contributed by atoms with E-state index in [1.165, 1.54) is 17.9 Å². The zero-order chi connectivity index (χ0) is 4.41. The van der Waals surface area contributed by atoms with E-state index in [4.69, 9.17) is 5.73 Å². The molecule has 5 heteroatoms. The molecule has 0 aromatic carbocycles. The lowest BCUT2D eigenvalue weighted by Gasteiger charge is -1.91. The lowest BCUT2D eigenvalue weighted by atomic mass is 10.3. The summed E-state index contributed by atoms with van der Waals surface area (Å²) in [5.74, 6) is 2.46. The minimum absolute atomic E-state index is 0. The van der Waals surface area contributed by atoms with Crippen LogP contribution in [-0.2, 0) is 0 Å². The van der Waals surface area contributed by atoms with E-state index in [9.17, 15) is 0 Å². The largest absolute Gasteiger partial charge is 0.412 e. The van der Waals surface area contributed by atoms with Crippen molar-refractivity contribution in [3.8, 4) is 0 Å². The van der Waals surface area contributed by atoms with Crippen molar-refractivity contribution in [2.45, 2.75) is 12.5 Å². The van der Waals surface area contributed by atoms with Gasteiger partial charge in [0, 0.05) is 11.8 Å². The summed E-state index contributed by atoms with van der Waals surface area (Å²) >= 11 is 1.96. The van der Waals surface area contributed by atoms with E-state index in [0.29, 0.717) is 6.04 Å². The number of rotatable bonds is 0. The highest BCUT2D eigenvalue weighted by Crippen LogP contribution is 2.14. The van der Waals surface area contributed by atoms with Gasteiger partial charge in [-0.1, -0.05) is 0 Å². The molecule has 0 radical (unpaired) electrons. The molecule has 1 atom stereocenters. The second kappa shape index (κ2) is 8.52. The Morgan fingerprint density at radius 1 is 1.33 bits per heavy atom. The fourth-order valence-electron chi connectivity index (χ4n) is 0.553. The van der Waals surface area contributed by atoms with E-state index in [0.717, 1.165) is 0 Å². The highest BCUT2D eigenvalue weighted by molar-refractivity contribution is 7.99. The molecule has 0 spiro atoms. The van der Waals surface area contributed by atoms with Crippen LogP contribution < -0.4 is 5.73 Å². The fourth-order valence-corrected chi connectivity index (χ4v) is 1.66. The zero-order valence-corrected chi connectivity index (χ0v) is 6.73. The first-order valence-corrected chi connectivity index (χ1v) is 3.38. The predicted molar refractivity (Wildman–Crippen MR) is 44.4 cm³/mol. The Kier molecular flexibility index (Phi) is 15.4. The Morgan fingerprint density at radius 2 is 1.89 bits per heavy atom. The minimum Gasteiger partial charge on any atom is -0.412 e. The maximum absolute atomic E-state index is 5.51. The van der Waals surface area contributed by atoms with Crippen molar-refractivity contribution in [2.24, 2.45) is 5.73 Å². The van der Waals surface area contributed by atoms with Gasteiger partial charge in [-0.3, -0.25) is 0 Å². The van der Waals surface area contributed by atoms with Crippen molar-refractivity contribution in [3.05, 3.63) is 0 Å². The maximum Gasteiger partial charge on any atom is 0.0138 e. The molecule has 0 aromatic rings. The average molecular weight is 176 g/mol. The molecule has 0 aliphatic carbocycles. The van der Waals surface area contributed by atoms with Gasteiger partial charge in [-0.25, -0.2) is 0 Å². The first-order chi connectivity index (χ1) is 2.89. The van der Waals surface area contributed by atoms with E-state index >= 15 is 0 Å². The van der Waals surface area contributed by atoms with Gasteiger partial charge in [0.25, 0.3) is 0 Å². The quantitative estimate of drug-likeness (QED) is 0.524. The zero-order valence-electron chi connectivity index (χ0n) is 5.09. The molecule has 60 valence electrons. The van der Waals surface area contributed by atoms with Crippen LogP contribution in [0.5, 0.6) is 0 Å². The minimum atomic E-state index is 0. The molecule has 1 saturated heterocycles. The van der Waals surface area contributed by atoms with Gasteiger partial charge < -0.3 is 16.7 Å². The third-order valence-electron chi connectivity index (χ3n) is 0.965. The molecule has 3 nitrogen and oxygen atoms in total. The predicted octanol–water partition coefficient (Wildman–Crippen LogP) is -0.777.